The van der Waals surface area contributed by atoms with Crippen LogP contribution in [-0.2, 0) is 26.6 Å². The molecule has 3 nitrogen and oxygen atoms in total. The molecule has 0 aromatic heterocycles. The molecule has 0 spiro atoms. The second kappa shape index (κ2) is 8.88. The highest BCUT2D eigenvalue weighted by atomic mass is 19.4. The third-order valence-electron chi connectivity index (χ3n) is 6.00. The van der Waals surface area contributed by atoms with E-state index in [9.17, 15) is 30.7 Å². The predicted octanol–water partition coefficient (Wildman–Crippen LogP) is 6.49. The fourth-order valence-electron chi connectivity index (χ4n) is 4.23. The molecule has 0 bridgehead atoms. The fourth-order valence-corrected chi connectivity index (χ4v) is 4.23. The number of ether oxygens (including phenoxy) is 3. The minimum atomic E-state index is -4.96. The van der Waals surface area contributed by atoms with Gasteiger partial charge in [0.15, 0.2) is 6.29 Å². The quantitative estimate of drug-likeness (QED) is 0.364. The Balaban J connectivity index is 1.64. The van der Waals surface area contributed by atoms with Crippen LogP contribution in [0.2, 0.25) is 0 Å². The van der Waals surface area contributed by atoms with Crippen LogP contribution in [0.3, 0.4) is 0 Å². The molecule has 10 heteroatoms. The smallest absolute Gasteiger partial charge is 0.373 e. The molecule has 2 aromatic carbocycles. The van der Waals surface area contributed by atoms with Crippen LogP contribution in [0.5, 0.6) is 0 Å². The van der Waals surface area contributed by atoms with Gasteiger partial charge in [0.05, 0.1) is 36.5 Å². The van der Waals surface area contributed by atoms with Gasteiger partial charge in [0.2, 0.25) is 0 Å². The molecule has 0 amide bonds. The van der Waals surface area contributed by atoms with Crippen molar-refractivity contribution in [2.24, 2.45) is 5.92 Å². The Hall–Kier alpha value is -2.17. The molecule has 0 aliphatic carbocycles. The van der Waals surface area contributed by atoms with Crippen molar-refractivity contribution in [1.82, 2.24) is 0 Å². The molecular weight excluding hydrogens is 457 g/mol. The summed E-state index contributed by atoms with van der Waals surface area (Å²) in [5, 5.41) is 0. The molecule has 2 aromatic rings. The average molecular weight is 478 g/mol. The molecule has 0 radical (unpaired) electrons. The Labute approximate surface area is 185 Å². The second-order valence-corrected chi connectivity index (χ2v) is 8.26. The molecule has 2 saturated heterocycles. The van der Waals surface area contributed by atoms with E-state index in [1.165, 1.54) is 19.1 Å². The lowest BCUT2D eigenvalue weighted by Gasteiger charge is -2.39. The summed E-state index contributed by atoms with van der Waals surface area (Å²) in [6.45, 7) is 2.20. The van der Waals surface area contributed by atoms with Crippen molar-refractivity contribution in [2.75, 3.05) is 13.2 Å². The van der Waals surface area contributed by atoms with E-state index in [0.29, 0.717) is 30.7 Å². The van der Waals surface area contributed by atoms with Crippen LogP contribution in [0.4, 0.5) is 30.7 Å². The molecular formula is C23H21F7O3. The molecule has 5 atom stereocenters. The van der Waals surface area contributed by atoms with E-state index < -0.39 is 47.6 Å². The summed E-state index contributed by atoms with van der Waals surface area (Å²) in [6.07, 6.45) is -11.4. The monoisotopic (exact) mass is 478 g/mol. The highest BCUT2D eigenvalue weighted by Gasteiger charge is 2.46. The minimum Gasteiger partial charge on any atom is -0.373 e. The van der Waals surface area contributed by atoms with E-state index >= 15 is 0 Å². The van der Waals surface area contributed by atoms with Crippen molar-refractivity contribution < 1.29 is 44.9 Å². The predicted molar refractivity (Wildman–Crippen MR) is 103 cm³/mol. The van der Waals surface area contributed by atoms with E-state index in [1.54, 1.807) is 12.1 Å². The molecule has 0 saturated carbocycles. The second-order valence-electron chi connectivity index (χ2n) is 8.26. The summed E-state index contributed by atoms with van der Waals surface area (Å²) in [6, 6.07) is 7.06. The van der Waals surface area contributed by atoms with Gasteiger partial charge in [-0.15, -0.1) is 0 Å². The summed E-state index contributed by atoms with van der Waals surface area (Å²) in [5.74, 6) is -0.917. The van der Waals surface area contributed by atoms with Crippen molar-refractivity contribution >= 4 is 0 Å². The zero-order chi connectivity index (χ0) is 24.0. The van der Waals surface area contributed by atoms with Gasteiger partial charge in [-0.3, -0.25) is 0 Å². The number of rotatable bonds is 5. The summed E-state index contributed by atoms with van der Waals surface area (Å²) in [7, 11) is 0. The van der Waals surface area contributed by atoms with Crippen molar-refractivity contribution in [3.05, 3.63) is 70.5 Å². The van der Waals surface area contributed by atoms with Gasteiger partial charge in [-0.1, -0.05) is 12.1 Å². The first-order valence-electron chi connectivity index (χ1n) is 10.4. The standard InChI is InChI=1S/C23H21F7O3/c1-12(14-8-15(22(25,26)27)10-16(9-14)23(28,29)30)33-21-20(13-2-4-17(24)5-3-13)18(6-7-31-21)19-11-32-19/h2-5,8-10,12,18-21H,6-7,11H2,1H3. The van der Waals surface area contributed by atoms with Crippen LogP contribution >= 0.6 is 0 Å². The highest BCUT2D eigenvalue weighted by molar-refractivity contribution is 5.35. The molecule has 2 heterocycles. The molecule has 5 unspecified atom stereocenters. The van der Waals surface area contributed by atoms with Crippen molar-refractivity contribution in [2.45, 2.75) is 50.1 Å². The first kappa shape index (κ1) is 24.0. The first-order chi connectivity index (χ1) is 15.4. The molecule has 2 fully saturated rings. The van der Waals surface area contributed by atoms with Crippen LogP contribution < -0.4 is 0 Å². The van der Waals surface area contributed by atoms with E-state index in [-0.39, 0.29) is 30.3 Å². The number of hydrogen-bond donors (Lipinski definition) is 0. The summed E-state index contributed by atoms with van der Waals surface area (Å²) in [4.78, 5) is 0. The van der Waals surface area contributed by atoms with Gasteiger partial charge in [0, 0.05) is 11.8 Å². The molecule has 33 heavy (non-hydrogen) atoms. The lowest BCUT2D eigenvalue weighted by molar-refractivity contribution is -0.210. The average Bonchev–Trinajstić information content (AvgIpc) is 3.58. The minimum absolute atomic E-state index is 0.0475. The Morgan fingerprint density at radius 2 is 1.48 bits per heavy atom. The van der Waals surface area contributed by atoms with Crippen molar-refractivity contribution in [1.29, 1.82) is 0 Å². The van der Waals surface area contributed by atoms with E-state index in [4.69, 9.17) is 14.2 Å². The number of epoxide rings is 1. The number of alkyl halides is 6. The van der Waals surface area contributed by atoms with Crippen molar-refractivity contribution in [3.8, 4) is 0 Å². The summed E-state index contributed by atoms with van der Waals surface area (Å²) >= 11 is 0. The maximum absolute atomic E-state index is 13.4. The van der Waals surface area contributed by atoms with E-state index in [2.05, 4.69) is 0 Å². The van der Waals surface area contributed by atoms with Gasteiger partial charge < -0.3 is 14.2 Å². The molecule has 0 N–H and O–H groups in total. The summed E-state index contributed by atoms with van der Waals surface area (Å²) < 4.78 is 110. The molecule has 2 aliphatic heterocycles. The Morgan fingerprint density at radius 3 is 2.00 bits per heavy atom. The van der Waals surface area contributed by atoms with Crippen LogP contribution in [-0.4, -0.2) is 25.6 Å². The van der Waals surface area contributed by atoms with Gasteiger partial charge in [0.1, 0.15) is 5.82 Å². The van der Waals surface area contributed by atoms with E-state index in [1.807, 2.05) is 0 Å². The van der Waals surface area contributed by atoms with Crippen LogP contribution in [0.15, 0.2) is 42.5 Å². The highest BCUT2D eigenvalue weighted by Crippen LogP contribution is 2.44. The molecule has 4 rings (SSSR count). The fraction of sp³-hybridized carbons (Fsp3) is 0.478. The lowest BCUT2D eigenvalue weighted by atomic mass is 9.80. The lowest BCUT2D eigenvalue weighted by Crippen LogP contribution is -2.39. The molecule has 2 aliphatic rings. The molecule has 180 valence electrons. The zero-order valence-corrected chi connectivity index (χ0v) is 17.4. The third-order valence-corrected chi connectivity index (χ3v) is 6.00. The topological polar surface area (TPSA) is 31.0 Å². The van der Waals surface area contributed by atoms with Gasteiger partial charge in [-0.05, 0) is 54.8 Å². The van der Waals surface area contributed by atoms with Gasteiger partial charge in [0.25, 0.3) is 0 Å². The number of halogens is 7. The van der Waals surface area contributed by atoms with Crippen LogP contribution in [0, 0.1) is 11.7 Å². The Kier molecular flexibility index (Phi) is 6.45. The Bertz CT molecular complexity index is 935. The van der Waals surface area contributed by atoms with Crippen molar-refractivity contribution in [3.63, 3.8) is 0 Å². The van der Waals surface area contributed by atoms with Gasteiger partial charge in [-0.25, -0.2) is 4.39 Å². The summed E-state index contributed by atoms with van der Waals surface area (Å²) in [5.41, 5.74) is -2.41. The van der Waals surface area contributed by atoms with Crippen LogP contribution in [0.1, 0.15) is 47.6 Å². The van der Waals surface area contributed by atoms with Crippen LogP contribution in [0.25, 0.3) is 0 Å². The van der Waals surface area contributed by atoms with Gasteiger partial charge in [-0.2, -0.15) is 26.3 Å². The van der Waals surface area contributed by atoms with E-state index in [0.717, 1.165) is 0 Å². The maximum atomic E-state index is 13.4. The number of hydrogen-bond acceptors (Lipinski definition) is 3. The third kappa shape index (κ3) is 5.50. The maximum Gasteiger partial charge on any atom is 0.416 e. The zero-order valence-electron chi connectivity index (χ0n) is 17.4. The largest absolute Gasteiger partial charge is 0.416 e. The normalized spacial score (nSPS) is 26.8. The Morgan fingerprint density at radius 1 is 0.909 bits per heavy atom. The SMILES string of the molecule is CC(OC1OCCC(C2CO2)C1c1ccc(F)cc1)c1cc(C(F)(F)F)cc(C(F)(F)F)c1. The number of benzene rings is 2. The first-order valence-corrected chi connectivity index (χ1v) is 10.4. The van der Waals surface area contributed by atoms with Gasteiger partial charge >= 0.3 is 12.4 Å².